The Balaban J connectivity index is 2.69. The summed E-state index contributed by atoms with van der Waals surface area (Å²) in [5, 5.41) is 12.1. The molecule has 1 rings (SSSR count). The van der Waals surface area contributed by atoms with Crippen LogP contribution in [0.25, 0.3) is 0 Å². The van der Waals surface area contributed by atoms with E-state index in [4.69, 9.17) is 11.0 Å². The van der Waals surface area contributed by atoms with Crippen LogP contribution >= 0.6 is 0 Å². The molecule has 0 spiro atoms. The smallest absolute Gasteiger partial charge is 0.0670 e. The molecule has 1 atom stereocenters. The van der Waals surface area contributed by atoms with Crippen molar-refractivity contribution in [3.05, 3.63) is 23.8 Å². The highest BCUT2D eigenvalue weighted by Gasteiger charge is 2.19. The average Bonchev–Trinajstić information content (AvgIpc) is 2.28. The Hall–Kier alpha value is -1.69. The Morgan fingerprint density at radius 3 is 2.61 bits per heavy atom. The first-order valence-electron chi connectivity index (χ1n) is 6.34. The summed E-state index contributed by atoms with van der Waals surface area (Å²) < 4.78 is 0. The van der Waals surface area contributed by atoms with Crippen LogP contribution in [0.1, 0.15) is 33.3 Å². The Bertz CT molecular complexity index is 438. The van der Waals surface area contributed by atoms with Crippen molar-refractivity contribution in [1.82, 2.24) is 0 Å². The third kappa shape index (κ3) is 3.96. The van der Waals surface area contributed by atoms with Crippen LogP contribution in [0.5, 0.6) is 0 Å². The zero-order chi connectivity index (χ0) is 13.8. The van der Waals surface area contributed by atoms with E-state index in [-0.39, 0.29) is 5.41 Å². The normalized spacial score (nSPS) is 12.8. The fraction of sp³-hybridized carbons (Fsp3) is 0.533. The van der Waals surface area contributed by atoms with E-state index in [0.717, 1.165) is 17.8 Å². The third-order valence-electron chi connectivity index (χ3n) is 3.50. The number of benzene rings is 1. The van der Waals surface area contributed by atoms with Gasteiger partial charge in [0.15, 0.2) is 0 Å². The Kier molecular flexibility index (Phi) is 4.61. The zero-order valence-corrected chi connectivity index (χ0v) is 11.7. The molecule has 0 bridgehead atoms. The second kappa shape index (κ2) is 5.77. The van der Waals surface area contributed by atoms with Crippen LogP contribution in [0, 0.1) is 22.7 Å². The Morgan fingerprint density at radius 2 is 2.06 bits per heavy atom. The van der Waals surface area contributed by atoms with Crippen molar-refractivity contribution in [2.45, 2.75) is 34.1 Å². The van der Waals surface area contributed by atoms with E-state index in [1.54, 1.807) is 0 Å². The fourth-order valence-corrected chi connectivity index (χ4v) is 1.53. The molecule has 0 heterocycles. The highest BCUT2D eigenvalue weighted by Crippen LogP contribution is 2.26. The van der Waals surface area contributed by atoms with Gasteiger partial charge >= 0.3 is 0 Å². The molecule has 1 aromatic carbocycles. The first kappa shape index (κ1) is 14.4. The summed E-state index contributed by atoms with van der Waals surface area (Å²) in [6.07, 6.45) is 0.357. The molecule has 0 saturated carbocycles. The monoisotopic (exact) mass is 245 g/mol. The van der Waals surface area contributed by atoms with Crippen molar-refractivity contribution in [3.63, 3.8) is 0 Å². The number of hydrogen-bond donors (Lipinski definition) is 2. The second-order valence-electron chi connectivity index (χ2n) is 5.90. The van der Waals surface area contributed by atoms with Crippen molar-refractivity contribution >= 4 is 11.4 Å². The molecule has 1 aromatic rings. The van der Waals surface area contributed by atoms with Crippen molar-refractivity contribution < 1.29 is 0 Å². The van der Waals surface area contributed by atoms with Crippen molar-refractivity contribution in [2.75, 3.05) is 17.6 Å². The van der Waals surface area contributed by atoms with Crippen LogP contribution in [0.3, 0.4) is 0 Å². The minimum atomic E-state index is 0.288. The summed E-state index contributed by atoms with van der Waals surface area (Å²) in [7, 11) is 0. The van der Waals surface area contributed by atoms with E-state index < -0.39 is 0 Å². The van der Waals surface area contributed by atoms with Crippen LogP contribution < -0.4 is 11.1 Å². The molecule has 98 valence electrons. The van der Waals surface area contributed by atoms with Crippen molar-refractivity contribution in [3.8, 4) is 6.07 Å². The van der Waals surface area contributed by atoms with Gasteiger partial charge in [0.2, 0.25) is 0 Å². The number of nitrogen functional groups attached to an aromatic ring is 1. The highest BCUT2D eigenvalue weighted by atomic mass is 14.9. The maximum Gasteiger partial charge on any atom is 0.0670 e. The van der Waals surface area contributed by atoms with Gasteiger partial charge in [0.25, 0.3) is 0 Å². The lowest BCUT2D eigenvalue weighted by molar-refractivity contribution is 0.274. The molecule has 0 aliphatic heterocycles. The molecule has 0 saturated heterocycles. The first-order valence-corrected chi connectivity index (χ1v) is 6.34. The lowest BCUT2D eigenvalue weighted by atomic mass is 9.82. The standard InChI is InChI=1S/C15H23N3/c1-11(15(2,3)4)10-18-13-5-6-14(17)12(9-13)7-8-16/h5-6,9,11,18H,7,10,17H2,1-4H3. The molecule has 3 N–H and O–H groups in total. The van der Waals surface area contributed by atoms with Crippen LogP contribution in [-0.2, 0) is 6.42 Å². The summed E-state index contributed by atoms with van der Waals surface area (Å²) >= 11 is 0. The third-order valence-corrected chi connectivity index (χ3v) is 3.50. The molecule has 3 heteroatoms. The summed E-state index contributed by atoms with van der Waals surface area (Å²) in [4.78, 5) is 0. The predicted octanol–water partition coefficient (Wildman–Crippen LogP) is 3.43. The topological polar surface area (TPSA) is 61.8 Å². The molecule has 0 amide bonds. The number of rotatable bonds is 4. The van der Waals surface area contributed by atoms with E-state index in [1.807, 2.05) is 18.2 Å². The van der Waals surface area contributed by atoms with E-state index in [0.29, 0.717) is 18.0 Å². The number of nitrogens with zero attached hydrogens (tertiary/aromatic N) is 1. The number of anilines is 2. The van der Waals surface area contributed by atoms with Crippen LogP contribution in [0.2, 0.25) is 0 Å². The molecule has 0 aliphatic carbocycles. The lowest BCUT2D eigenvalue weighted by Crippen LogP contribution is -2.24. The lowest BCUT2D eigenvalue weighted by Gasteiger charge is -2.27. The Morgan fingerprint density at radius 1 is 1.39 bits per heavy atom. The molecular weight excluding hydrogens is 222 g/mol. The second-order valence-corrected chi connectivity index (χ2v) is 5.90. The van der Waals surface area contributed by atoms with E-state index in [2.05, 4.69) is 39.1 Å². The zero-order valence-electron chi connectivity index (χ0n) is 11.7. The van der Waals surface area contributed by atoms with Gasteiger partial charge in [0.1, 0.15) is 0 Å². The maximum atomic E-state index is 8.73. The fourth-order valence-electron chi connectivity index (χ4n) is 1.53. The van der Waals surface area contributed by atoms with E-state index in [1.165, 1.54) is 0 Å². The van der Waals surface area contributed by atoms with Crippen LogP contribution in [0.4, 0.5) is 11.4 Å². The molecular formula is C15H23N3. The van der Waals surface area contributed by atoms with Gasteiger partial charge in [-0.15, -0.1) is 0 Å². The summed E-state index contributed by atoms with van der Waals surface area (Å²) in [6.45, 7) is 9.87. The minimum absolute atomic E-state index is 0.288. The Labute approximate surface area is 110 Å². The number of nitrogens with one attached hydrogen (secondary N) is 1. The summed E-state index contributed by atoms with van der Waals surface area (Å²) in [6, 6.07) is 7.92. The van der Waals surface area contributed by atoms with Crippen molar-refractivity contribution in [2.24, 2.45) is 11.3 Å². The van der Waals surface area contributed by atoms with Gasteiger partial charge in [-0.3, -0.25) is 0 Å². The largest absolute Gasteiger partial charge is 0.398 e. The number of hydrogen-bond acceptors (Lipinski definition) is 3. The molecule has 1 unspecified atom stereocenters. The number of nitrogens with two attached hydrogens (primary N) is 1. The van der Waals surface area contributed by atoms with E-state index >= 15 is 0 Å². The average molecular weight is 245 g/mol. The summed E-state index contributed by atoms with van der Waals surface area (Å²) in [5.74, 6) is 0.564. The molecule has 0 aliphatic rings. The highest BCUT2D eigenvalue weighted by molar-refractivity contribution is 5.58. The van der Waals surface area contributed by atoms with Crippen LogP contribution in [0.15, 0.2) is 18.2 Å². The molecule has 0 radical (unpaired) electrons. The van der Waals surface area contributed by atoms with Crippen LogP contribution in [-0.4, -0.2) is 6.54 Å². The minimum Gasteiger partial charge on any atom is -0.398 e. The van der Waals surface area contributed by atoms with Crippen molar-refractivity contribution in [1.29, 1.82) is 5.26 Å². The first-order chi connectivity index (χ1) is 8.34. The number of nitriles is 1. The maximum absolute atomic E-state index is 8.73. The van der Waals surface area contributed by atoms with Gasteiger partial charge in [-0.2, -0.15) is 5.26 Å². The van der Waals surface area contributed by atoms with Gasteiger partial charge < -0.3 is 11.1 Å². The van der Waals surface area contributed by atoms with Gasteiger partial charge in [0, 0.05) is 17.9 Å². The van der Waals surface area contributed by atoms with Gasteiger partial charge in [-0.25, -0.2) is 0 Å². The van der Waals surface area contributed by atoms with Gasteiger partial charge in [0.05, 0.1) is 12.5 Å². The molecule has 0 fully saturated rings. The van der Waals surface area contributed by atoms with E-state index in [9.17, 15) is 0 Å². The van der Waals surface area contributed by atoms with Gasteiger partial charge in [-0.05, 0) is 35.1 Å². The molecule has 0 aromatic heterocycles. The molecule has 18 heavy (non-hydrogen) atoms. The van der Waals surface area contributed by atoms with Gasteiger partial charge in [-0.1, -0.05) is 27.7 Å². The quantitative estimate of drug-likeness (QED) is 0.799. The molecule has 3 nitrogen and oxygen atoms in total. The predicted molar refractivity (Wildman–Crippen MR) is 77.3 cm³/mol. The SMILES string of the molecule is CC(CNc1ccc(N)c(CC#N)c1)C(C)(C)C. The summed E-state index contributed by atoms with van der Waals surface area (Å²) in [5.41, 5.74) is 8.72.